The molecule has 3 amide bonds. The summed E-state index contributed by atoms with van der Waals surface area (Å²) in [7, 11) is 2.84. The van der Waals surface area contributed by atoms with E-state index >= 15 is 0 Å². The summed E-state index contributed by atoms with van der Waals surface area (Å²) in [6.07, 6.45) is 3.00. The Bertz CT molecular complexity index is 711. The van der Waals surface area contributed by atoms with Crippen LogP contribution in [0.5, 0.6) is 5.75 Å². The second-order valence-corrected chi connectivity index (χ2v) is 7.27. The van der Waals surface area contributed by atoms with Gasteiger partial charge in [0.2, 0.25) is 11.8 Å². The van der Waals surface area contributed by atoms with Crippen LogP contribution in [0.15, 0.2) is 24.3 Å². The number of nitrogens with one attached hydrogen (secondary N) is 3. The quantitative estimate of drug-likeness (QED) is 0.306. The van der Waals surface area contributed by atoms with Gasteiger partial charge in [0, 0.05) is 18.5 Å². The highest BCUT2D eigenvalue weighted by Gasteiger charge is 2.20. The van der Waals surface area contributed by atoms with Crippen molar-refractivity contribution in [3.8, 4) is 5.75 Å². The predicted octanol–water partition coefficient (Wildman–Crippen LogP) is 0.732. The molecule has 1 aromatic rings. The zero-order valence-electron chi connectivity index (χ0n) is 17.5. The maximum absolute atomic E-state index is 12.4. The first-order valence-corrected chi connectivity index (χ1v) is 10.9. The molecule has 10 heteroatoms. The van der Waals surface area contributed by atoms with Crippen molar-refractivity contribution in [3.63, 3.8) is 0 Å². The minimum Gasteiger partial charge on any atom is -0.497 e. The minimum atomic E-state index is -0.721. The monoisotopic (exact) mass is 439 g/mol. The number of methoxy groups -OCH3 is 2. The van der Waals surface area contributed by atoms with E-state index < -0.39 is 17.9 Å². The normalized spacial score (nSPS) is 11.2. The van der Waals surface area contributed by atoms with Crippen LogP contribution in [0.4, 0.5) is 0 Å². The van der Waals surface area contributed by atoms with Crippen LogP contribution < -0.4 is 20.7 Å². The molecule has 0 heterocycles. The van der Waals surface area contributed by atoms with E-state index in [0.717, 1.165) is 0 Å². The van der Waals surface area contributed by atoms with Gasteiger partial charge in [-0.05, 0) is 49.1 Å². The molecule has 9 nitrogen and oxygen atoms in total. The number of amides is 3. The summed E-state index contributed by atoms with van der Waals surface area (Å²) in [5, 5.41) is 7.88. The Hall–Kier alpha value is -2.75. The van der Waals surface area contributed by atoms with E-state index in [1.165, 1.54) is 14.2 Å². The lowest BCUT2D eigenvalue weighted by molar-refractivity contribution is -0.140. The zero-order chi connectivity index (χ0) is 22.4. The molecule has 1 rings (SSSR count). The van der Waals surface area contributed by atoms with Crippen molar-refractivity contribution >= 4 is 35.5 Å². The number of esters is 1. The van der Waals surface area contributed by atoms with Crippen molar-refractivity contribution in [2.75, 3.05) is 39.3 Å². The molecule has 0 saturated heterocycles. The molecule has 3 N–H and O–H groups in total. The lowest BCUT2D eigenvalue weighted by Gasteiger charge is -2.18. The number of hydrogen-bond acceptors (Lipinski definition) is 7. The molecular formula is C20H29N3O6S. The number of hydrogen-bond donors (Lipinski definition) is 3. The van der Waals surface area contributed by atoms with E-state index in [1.54, 1.807) is 36.0 Å². The lowest BCUT2D eigenvalue weighted by atomic mass is 10.2. The molecule has 0 aliphatic carbocycles. The highest BCUT2D eigenvalue weighted by Crippen LogP contribution is 2.11. The van der Waals surface area contributed by atoms with Crippen LogP contribution in [0.25, 0.3) is 0 Å². The van der Waals surface area contributed by atoms with Crippen molar-refractivity contribution in [1.29, 1.82) is 0 Å². The van der Waals surface area contributed by atoms with Crippen molar-refractivity contribution in [3.05, 3.63) is 29.8 Å². The Morgan fingerprint density at radius 3 is 2.37 bits per heavy atom. The van der Waals surface area contributed by atoms with Crippen LogP contribution in [0.2, 0.25) is 0 Å². The summed E-state index contributed by atoms with van der Waals surface area (Å²) < 4.78 is 9.59. The number of carbonyl (C=O) groups is 4. The molecule has 0 spiro atoms. The smallest absolute Gasteiger partial charge is 0.305 e. The van der Waals surface area contributed by atoms with E-state index in [1.807, 2.05) is 6.26 Å². The molecular weight excluding hydrogens is 410 g/mol. The summed E-state index contributed by atoms with van der Waals surface area (Å²) in [5.41, 5.74) is 0.394. The van der Waals surface area contributed by atoms with Crippen LogP contribution in [-0.4, -0.2) is 69.1 Å². The van der Waals surface area contributed by atoms with Crippen molar-refractivity contribution in [2.45, 2.75) is 25.3 Å². The van der Waals surface area contributed by atoms with Gasteiger partial charge in [0.05, 0.1) is 20.8 Å². The Balaban J connectivity index is 2.49. The SMILES string of the molecule is COC(=O)CCCNC(=O)[C@H](CCSC)NC(=O)CNC(=O)c1ccc(OC)cc1. The van der Waals surface area contributed by atoms with Crippen molar-refractivity contribution in [1.82, 2.24) is 16.0 Å². The molecule has 0 saturated carbocycles. The molecule has 0 fully saturated rings. The molecule has 0 radical (unpaired) electrons. The topological polar surface area (TPSA) is 123 Å². The van der Waals surface area contributed by atoms with Crippen LogP contribution in [0.1, 0.15) is 29.6 Å². The third kappa shape index (κ3) is 9.64. The Morgan fingerprint density at radius 1 is 1.07 bits per heavy atom. The summed E-state index contributed by atoms with van der Waals surface area (Å²) in [4.78, 5) is 47.8. The zero-order valence-corrected chi connectivity index (χ0v) is 18.3. The summed E-state index contributed by atoms with van der Waals surface area (Å²) in [6, 6.07) is 5.76. The fraction of sp³-hybridized carbons (Fsp3) is 0.500. The molecule has 0 aromatic heterocycles. The van der Waals surface area contributed by atoms with Gasteiger partial charge in [0.25, 0.3) is 5.91 Å². The fourth-order valence-corrected chi connectivity index (χ4v) is 2.90. The molecule has 0 unspecified atom stereocenters. The lowest BCUT2D eigenvalue weighted by Crippen LogP contribution is -2.50. The van der Waals surface area contributed by atoms with Gasteiger partial charge in [-0.1, -0.05) is 0 Å². The summed E-state index contributed by atoms with van der Waals surface area (Å²) in [6.45, 7) is 0.0457. The third-order valence-corrected chi connectivity index (χ3v) is 4.75. The van der Waals surface area contributed by atoms with Crippen LogP contribution in [0.3, 0.4) is 0 Å². The maximum atomic E-state index is 12.4. The van der Waals surface area contributed by atoms with Gasteiger partial charge in [-0.25, -0.2) is 0 Å². The van der Waals surface area contributed by atoms with Crippen molar-refractivity contribution < 1.29 is 28.7 Å². The van der Waals surface area contributed by atoms with Crippen molar-refractivity contribution in [2.24, 2.45) is 0 Å². The molecule has 30 heavy (non-hydrogen) atoms. The number of benzene rings is 1. The average Bonchev–Trinajstić information content (AvgIpc) is 2.77. The summed E-state index contributed by atoms with van der Waals surface area (Å²) >= 11 is 1.56. The van der Waals surface area contributed by atoms with E-state index in [2.05, 4.69) is 20.7 Å². The predicted molar refractivity (Wildman–Crippen MR) is 115 cm³/mol. The van der Waals surface area contributed by atoms with E-state index in [0.29, 0.717) is 36.5 Å². The Morgan fingerprint density at radius 2 is 1.77 bits per heavy atom. The Labute approximate surface area is 180 Å². The number of ether oxygens (including phenoxy) is 2. The third-order valence-electron chi connectivity index (χ3n) is 4.11. The molecule has 1 atom stereocenters. The van der Waals surface area contributed by atoms with Gasteiger partial charge in [-0.15, -0.1) is 0 Å². The molecule has 1 aromatic carbocycles. The maximum Gasteiger partial charge on any atom is 0.305 e. The summed E-state index contributed by atoms with van der Waals surface area (Å²) in [5.74, 6) is -0.238. The first kappa shape index (κ1) is 25.3. The number of rotatable bonds is 13. The van der Waals surface area contributed by atoms with E-state index in [4.69, 9.17) is 4.74 Å². The largest absolute Gasteiger partial charge is 0.497 e. The molecule has 0 bridgehead atoms. The van der Waals surface area contributed by atoms with Crippen LogP contribution in [0, 0.1) is 0 Å². The highest BCUT2D eigenvalue weighted by molar-refractivity contribution is 7.98. The van der Waals surface area contributed by atoms with Gasteiger partial charge in [0.1, 0.15) is 11.8 Å². The van der Waals surface area contributed by atoms with Gasteiger partial charge in [0.15, 0.2) is 0 Å². The molecule has 0 aliphatic heterocycles. The van der Waals surface area contributed by atoms with E-state index in [-0.39, 0.29) is 24.8 Å². The second kappa shape index (κ2) is 14.3. The number of thioether (sulfide) groups is 1. The fourth-order valence-electron chi connectivity index (χ4n) is 2.42. The molecule has 166 valence electrons. The van der Waals surface area contributed by atoms with Gasteiger partial charge < -0.3 is 25.4 Å². The average molecular weight is 440 g/mol. The van der Waals surface area contributed by atoms with Crippen LogP contribution >= 0.6 is 11.8 Å². The minimum absolute atomic E-state index is 0.204. The Kier molecular flexibility index (Phi) is 12.0. The standard InChI is InChI=1S/C20H29N3O6S/c1-28-15-8-6-14(7-9-15)19(26)22-13-17(24)23-16(10-12-30-3)20(27)21-11-4-5-18(25)29-2/h6-9,16H,4-5,10-13H2,1-3H3,(H,21,27)(H,22,26)(H,23,24)/t16-/m0/s1. The van der Waals surface area contributed by atoms with Gasteiger partial charge >= 0.3 is 5.97 Å². The first-order valence-electron chi connectivity index (χ1n) is 9.46. The van der Waals surface area contributed by atoms with Gasteiger partial charge in [-0.2, -0.15) is 11.8 Å². The highest BCUT2D eigenvalue weighted by atomic mass is 32.2. The first-order chi connectivity index (χ1) is 14.4. The van der Waals surface area contributed by atoms with E-state index in [9.17, 15) is 19.2 Å². The van der Waals surface area contributed by atoms with Gasteiger partial charge in [-0.3, -0.25) is 19.2 Å². The van der Waals surface area contributed by atoms with Crippen LogP contribution in [-0.2, 0) is 19.1 Å². The number of carbonyl (C=O) groups excluding carboxylic acids is 4. The molecule has 0 aliphatic rings. The second-order valence-electron chi connectivity index (χ2n) is 6.28.